The molecule has 0 fully saturated rings. The molecule has 4 heteroatoms. The smallest absolute Gasteiger partial charge is 0.348 e. The summed E-state index contributed by atoms with van der Waals surface area (Å²) < 4.78 is 4.48. The maximum atomic E-state index is 11.1. The molecule has 0 aliphatic carbocycles. The zero-order chi connectivity index (χ0) is 11.3. The molecule has 0 aromatic carbocycles. The number of methoxy groups -OCH3 is 1. The van der Waals surface area contributed by atoms with Crippen LogP contribution in [-0.4, -0.2) is 13.1 Å². The Morgan fingerprint density at radius 3 is 2.87 bits per heavy atom. The van der Waals surface area contributed by atoms with Gasteiger partial charge in [-0.15, -0.1) is 11.3 Å². The van der Waals surface area contributed by atoms with Crippen molar-refractivity contribution >= 4 is 23.4 Å². The van der Waals surface area contributed by atoms with E-state index in [-0.39, 0.29) is 5.57 Å². The van der Waals surface area contributed by atoms with Crippen LogP contribution in [0.3, 0.4) is 0 Å². The van der Waals surface area contributed by atoms with Crippen molar-refractivity contribution in [2.24, 2.45) is 0 Å². The molecule has 0 unspecified atom stereocenters. The zero-order valence-corrected chi connectivity index (χ0v) is 9.43. The molecule has 0 aliphatic heterocycles. The summed E-state index contributed by atoms with van der Waals surface area (Å²) in [5.74, 6) is -0.594. The van der Waals surface area contributed by atoms with E-state index in [2.05, 4.69) is 11.7 Å². The average Bonchev–Trinajstić information content (AvgIpc) is 2.72. The summed E-state index contributed by atoms with van der Waals surface area (Å²) in [6, 6.07) is 5.70. The number of rotatable bonds is 3. The van der Waals surface area contributed by atoms with Crippen LogP contribution in [0.2, 0.25) is 0 Å². The molecule has 0 saturated carbocycles. The van der Waals surface area contributed by atoms with E-state index < -0.39 is 5.97 Å². The fraction of sp³-hybridized carbons (Fsp3) is 0.273. The quantitative estimate of drug-likeness (QED) is 0.447. The van der Waals surface area contributed by atoms with E-state index >= 15 is 0 Å². The van der Waals surface area contributed by atoms with E-state index in [1.54, 1.807) is 17.4 Å². The van der Waals surface area contributed by atoms with Crippen molar-refractivity contribution in [1.82, 2.24) is 0 Å². The predicted octanol–water partition coefficient (Wildman–Crippen LogP) is 2.39. The van der Waals surface area contributed by atoms with Crippen LogP contribution in [0.5, 0.6) is 0 Å². The van der Waals surface area contributed by atoms with Gasteiger partial charge in [0.2, 0.25) is 0 Å². The van der Waals surface area contributed by atoms with Gasteiger partial charge in [-0.05, 0) is 24.6 Å². The maximum Gasteiger partial charge on any atom is 0.348 e. The molecule has 15 heavy (non-hydrogen) atoms. The van der Waals surface area contributed by atoms with Gasteiger partial charge in [-0.2, -0.15) is 5.26 Å². The van der Waals surface area contributed by atoms with Crippen LogP contribution in [0.15, 0.2) is 17.7 Å². The normalized spacial score (nSPS) is 10.9. The third-order valence-electron chi connectivity index (χ3n) is 1.84. The Balaban J connectivity index is 2.94. The first-order chi connectivity index (χ1) is 7.21. The summed E-state index contributed by atoms with van der Waals surface area (Å²) in [4.78, 5) is 13.2. The number of ether oxygens (including phenoxy) is 1. The minimum atomic E-state index is -0.594. The number of carbonyl (C=O) groups is 1. The van der Waals surface area contributed by atoms with Crippen molar-refractivity contribution in [3.8, 4) is 6.07 Å². The third kappa shape index (κ3) is 2.93. The van der Waals surface area contributed by atoms with Crippen LogP contribution in [-0.2, 0) is 16.0 Å². The minimum absolute atomic E-state index is 0.0296. The van der Waals surface area contributed by atoms with Gasteiger partial charge in [0.25, 0.3) is 0 Å². The van der Waals surface area contributed by atoms with E-state index in [1.807, 2.05) is 18.2 Å². The molecule has 1 rings (SSSR count). The summed E-state index contributed by atoms with van der Waals surface area (Å²) in [6.07, 6.45) is 2.51. The minimum Gasteiger partial charge on any atom is -0.465 e. The highest BCUT2D eigenvalue weighted by Crippen LogP contribution is 2.19. The van der Waals surface area contributed by atoms with Gasteiger partial charge in [0.15, 0.2) is 0 Å². The standard InChI is InChI=1S/C11H11NO2S/c1-3-9-4-5-10(15-9)6-8(7-12)11(13)14-2/h4-6H,3H2,1-2H3. The second-order valence-electron chi connectivity index (χ2n) is 2.82. The highest BCUT2D eigenvalue weighted by molar-refractivity contribution is 7.12. The van der Waals surface area contributed by atoms with Gasteiger partial charge in [0.1, 0.15) is 11.6 Å². The Bertz CT molecular complexity index is 426. The lowest BCUT2D eigenvalue weighted by Gasteiger charge is -1.94. The van der Waals surface area contributed by atoms with Crippen LogP contribution in [0.25, 0.3) is 6.08 Å². The third-order valence-corrected chi connectivity index (χ3v) is 3.02. The van der Waals surface area contributed by atoms with Gasteiger partial charge >= 0.3 is 5.97 Å². The Morgan fingerprint density at radius 1 is 1.67 bits per heavy atom. The molecule has 78 valence electrons. The monoisotopic (exact) mass is 221 g/mol. The lowest BCUT2D eigenvalue weighted by Crippen LogP contribution is -2.02. The Hall–Kier alpha value is -1.60. The molecule has 0 atom stereocenters. The highest BCUT2D eigenvalue weighted by atomic mass is 32.1. The number of carbonyl (C=O) groups excluding carboxylic acids is 1. The van der Waals surface area contributed by atoms with Gasteiger partial charge in [0, 0.05) is 9.75 Å². The number of hydrogen-bond acceptors (Lipinski definition) is 4. The molecule has 1 aromatic rings. The molecule has 0 aliphatic rings. The molecule has 0 saturated heterocycles. The van der Waals surface area contributed by atoms with Crippen molar-refractivity contribution < 1.29 is 9.53 Å². The average molecular weight is 221 g/mol. The number of hydrogen-bond donors (Lipinski definition) is 0. The van der Waals surface area contributed by atoms with E-state index in [1.165, 1.54) is 12.0 Å². The van der Waals surface area contributed by atoms with Crippen LogP contribution in [0.4, 0.5) is 0 Å². The summed E-state index contributed by atoms with van der Waals surface area (Å²) in [5.41, 5.74) is 0.0296. The predicted molar refractivity (Wildman–Crippen MR) is 59.3 cm³/mol. The lowest BCUT2D eigenvalue weighted by atomic mass is 10.2. The second-order valence-corrected chi connectivity index (χ2v) is 4.02. The molecular weight excluding hydrogens is 210 g/mol. The summed E-state index contributed by atoms with van der Waals surface area (Å²) in [6.45, 7) is 2.06. The molecule has 0 radical (unpaired) electrons. The maximum absolute atomic E-state index is 11.1. The first kappa shape index (κ1) is 11.5. The molecule has 0 bridgehead atoms. The van der Waals surface area contributed by atoms with Crippen molar-refractivity contribution in [2.75, 3.05) is 7.11 Å². The molecule has 0 spiro atoms. The van der Waals surface area contributed by atoms with Gasteiger partial charge in [-0.1, -0.05) is 6.92 Å². The lowest BCUT2D eigenvalue weighted by molar-refractivity contribution is -0.135. The number of nitrogens with zero attached hydrogens (tertiary/aromatic N) is 1. The zero-order valence-electron chi connectivity index (χ0n) is 8.61. The van der Waals surface area contributed by atoms with Crippen molar-refractivity contribution in [2.45, 2.75) is 13.3 Å². The van der Waals surface area contributed by atoms with Gasteiger partial charge in [0.05, 0.1) is 7.11 Å². The van der Waals surface area contributed by atoms with Gasteiger partial charge in [-0.3, -0.25) is 0 Å². The van der Waals surface area contributed by atoms with E-state index in [0.29, 0.717) is 0 Å². The van der Waals surface area contributed by atoms with Crippen LogP contribution >= 0.6 is 11.3 Å². The van der Waals surface area contributed by atoms with Crippen molar-refractivity contribution in [1.29, 1.82) is 5.26 Å². The van der Waals surface area contributed by atoms with Crippen molar-refractivity contribution in [3.05, 3.63) is 27.5 Å². The SMILES string of the molecule is CCc1ccc(C=C(C#N)C(=O)OC)s1. The summed E-state index contributed by atoms with van der Waals surface area (Å²) in [7, 11) is 1.26. The Morgan fingerprint density at radius 2 is 2.40 bits per heavy atom. The highest BCUT2D eigenvalue weighted by Gasteiger charge is 2.08. The molecule has 1 heterocycles. The molecule has 3 nitrogen and oxygen atoms in total. The van der Waals surface area contributed by atoms with Crippen molar-refractivity contribution in [3.63, 3.8) is 0 Å². The first-order valence-corrected chi connectivity index (χ1v) is 5.31. The molecular formula is C11H11NO2S. The summed E-state index contributed by atoms with van der Waals surface area (Å²) in [5, 5.41) is 8.74. The Labute approximate surface area is 92.6 Å². The topological polar surface area (TPSA) is 50.1 Å². The molecule has 1 aromatic heterocycles. The largest absolute Gasteiger partial charge is 0.465 e. The van der Waals surface area contributed by atoms with Crippen LogP contribution in [0.1, 0.15) is 16.7 Å². The number of nitriles is 1. The summed E-state index contributed by atoms with van der Waals surface area (Å²) >= 11 is 1.57. The van der Waals surface area contributed by atoms with Gasteiger partial charge in [-0.25, -0.2) is 4.79 Å². The fourth-order valence-electron chi connectivity index (χ4n) is 1.05. The number of thiophene rings is 1. The van der Waals surface area contributed by atoms with Gasteiger partial charge < -0.3 is 4.74 Å². The van der Waals surface area contributed by atoms with E-state index in [9.17, 15) is 4.79 Å². The number of aryl methyl sites for hydroxylation is 1. The number of esters is 1. The Kier molecular flexibility index (Phi) is 4.07. The van der Waals surface area contributed by atoms with E-state index in [4.69, 9.17) is 5.26 Å². The van der Waals surface area contributed by atoms with Crippen LogP contribution < -0.4 is 0 Å². The molecule has 0 N–H and O–H groups in total. The second kappa shape index (κ2) is 5.32. The fourth-order valence-corrected chi connectivity index (χ4v) is 1.95. The first-order valence-electron chi connectivity index (χ1n) is 4.50. The molecule has 0 amide bonds. The van der Waals surface area contributed by atoms with Crippen LogP contribution in [0, 0.1) is 11.3 Å². The van der Waals surface area contributed by atoms with E-state index in [0.717, 1.165) is 11.3 Å².